The second-order valence-electron chi connectivity index (χ2n) is 2.98. The van der Waals surface area contributed by atoms with Gasteiger partial charge in [0.2, 0.25) is 0 Å². The summed E-state index contributed by atoms with van der Waals surface area (Å²) in [5.41, 5.74) is 0. The van der Waals surface area contributed by atoms with E-state index in [2.05, 4.69) is 0 Å². The Hall–Kier alpha value is 0.924. The van der Waals surface area contributed by atoms with Gasteiger partial charge < -0.3 is 4.90 Å². The van der Waals surface area contributed by atoms with E-state index in [1.54, 1.807) is 18.9 Å². The number of hydrogen-bond donors (Lipinski definition) is 0. The van der Waals surface area contributed by atoms with E-state index in [0.29, 0.717) is 0 Å². The molecular weight excluding hydrogens is 225 g/mol. The number of likely N-dealkylation sites (tertiary alicyclic amines) is 1. The second-order valence-corrected chi connectivity index (χ2v) is 2.98. The molecule has 63 valence electrons. The molecule has 0 aromatic carbocycles. The molecule has 0 aromatic heterocycles. The van der Waals surface area contributed by atoms with Crippen LogP contribution in [0, 0.1) is 5.92 Å². The summed E-state index contributed by atoms with van der Waals surface area (Å²) in [6.07, 6.45) is 0. The number of alkyl halides is 2. The van der Waals surface area contributed by atoms with Gasteiger partial charge in [-0.2, -0.15) is 6.92 Å². The van der Waals surface area contributed by atoms with E-state index in [-0.39, 0.29) is 51.2 Å². The zero-order valence-corrected chi connectivity index (χ0v) is 9.90. The molecular formula is C7H12F2NY-. The summed E-state index contributed by atoms with van der Waals surface area (Å²) in [5.74, 6) is -2.27. The molecule has 0 bridgehead atoms. The van der Waals surface area contributed by atoms with Gasteiger partial charge in [-0.25, -0.2) is 14.7 Å². The molecule has 1 radical (unpaired) electrons. The van der Waals surface area contributed by atoms with Gasteiger partial charge in [-0.05, 0) is 7.05 Å². The van der Waals surface area contributed by atoms with Gasteiger partial charge in [0.1, 0.15) is 5.92 Å². The largest absolute Gasteiger partial charge is 0.330 e. The monoisotopic (exact) mass is 237 g/mol. The van der Waals surface area contributed by atoms with Crippen molar-refractivity contribution in [3.05, 3.63) is 5.92 Å². The van der Waals surface area contributed by atoms with Crippen LogP contribution < -0.4 is 0 Å². The first kappa shape index (κ1) is 11.9. The molecule has 1 aliphatic heterocycles. The van der Waals surface area contributed by atoms with E-state index in [4.69, 9.17) is 0 Å². The third-order valence-corrected chi connectivity index (χ3v) is 2.31. The Morgan fingerprint density at radius 3 is 2.09 bits per heavy atom. The van der Waals surface area contributed by atoms with E-state index in [1.165, 1.54) is 6.92 Å². The van der Waals surface area contributed by atoms with Crippen molar-refractivity contribution >= 4 is 0 Å². The Bertz CT molecular complexity index is 140. The average Bonchev–Trinajstić information content (AvgIpc) is 1.95. The maximum absolute atomic E-state index is 12.8. The number of halogens is 2. The summed E-state index contributed by atoms with van der Waals surface area (Å²) in [6, 6.07) is -0.0741. The van der Waals surface area contributed by atoms with E-state index in [1.807, 2.05) is 0 Å². The van der Waals surface area contributed by atoms with Crippen molar-refractivity contribution in [2.45, 2.75) is 25.8 Å². The molecule has 1 nitrogen and oxygen atoms in total. The van der Waals surface area contributed by atoms with Crippen LogP contribution in [0.25, 0.3) is 0 Å². The Balaban J connectivity index is 0.000001000. The van der Waals surface area contributed by atoms with Crippen LogP contribution in [0.3, 0.4) is 0 Å². The van der Waals surface area contributed by atoms with Crippen LogP contribution in [-0.2, 0) is 32.7 Å². The molecule has 0 aromatic rings. The van der Waals surface area contributed by atoms with Gasteiger partial charge in [-0.15, -0.1) is 6.04 Å². The topological polar surface area (TPSA) is 3.24 Å². The van der Waals surface area contributed by atoms with Crippen molar-refractivity contribution in [2.75, 3.05) is 13.6 Å². The molecule has 1 fully saturated rings. The fourth-order valence-electron chi connectivity index (χ4n) is 1.21. The smallest absolute Gasteiger partial charge is 0.148 e. The molecule has 0 N–H and O–H groups in total. The minimum absolute atomic E-state index is 0. The number of rotatable bonds is 0. The minimum Gasteiger partial charge on any atom is -0.330 e. The van der Waals surface area contributed by atoms with Crippen molar-refractivity contribution in [1.29, 1.82) is 0 Å². The maximum Gasteiger partial charge on any atom is 0.148 e. The van der Waals surface area contributed by atoms with Crippen LogP contribution in [0.2, 0.25) is 0 Å². The van der Waals surface area contributed by atoms with Gasteiger partial charge in [0.05, 0.1) is 0 Å². The molecule has 0 spiro atoms. The third kappa shape index (κ3) is 2.19. The van der Waals surface area contributed by atoms with Crippen molar-refractivity contribution in [2.24, 2.45) is 0 Å². The van der Waals surface area contributed by atoms with Crippen molar-refractivity contribution in [3.63, 3.8) is 0 Å². The molecule has 0 aliphatic carbocycles. The second kappa shape index (κ2) is 3.76. The van der Waals surface area contributed by atoms with Crippen LogP contribution in [0.1, 0.15) is 13.8 Å². The first-order valence-electron chi connectivity index (χ1n) is 3.37. The first-order valence-corrected chi connectivity index (χ1v) is 3.37. The van der Waals surface area contributed by atoms with Gasteiger partial charge in [0.25, 0.3) is 0 Å². The molecule has 1 aliphatic rings. The zero-order chi connectivity index (χ0) is 7.94. The summed E-state index contributed by atoms with van der Waals surface area (Å²) >= 11 is 0. The Morgan fingerprint density at radius 1 is 1.55 bits per heavy atom. The summed E-state index contributed by atoms with van der Waals surface area (Å²) in [4.78, 5) is 1.66. The molecule has 1 saturated heterocycles. The molecule has 1 atom stereocenters. The zero-order valence-electron chi connectivity index (χ0n) is 7.06. The molecule has 0 amide bonds. The molecule has 1 rings (SSSR count). The molecule has 0 unspecified atom stereocenters. The molecule has 11 heavy (non-hydrogen) atoms. The Kier molecular flexibility index (Phi) is 4.07. The predicted molar refractivity (Wildman–Crippen MR) is 36.0 cm³/mol. The van der Waals surface area contributed by atoms with E-state index in [9.17, 15) is 8.78 Å². The van der Waals surface area contributed by atoms with Crippen LogP contribution in [-0.4, -0.2) is 30.5 Å². The number of hydrogen-bond acceptors (Lipinski definition) is 1. The van der Waals surface area contributed by atoms with Crippen molar-refractivity contribution in [3.8, 4) is 0 Å². The van der Waals surface area contributed by atoms with Crippen LogP contribution in [0.5, 0.6) is 0 Å². The maximum atomic E-state index is 12.8. The van der Waals surface area contributed by atoms with Crippen LogP contribution in [0.4, 0.5) is 8.78 Å². The summed E-state index contributed by atoms with van der Waals surface area (Å²) < 4.78 is 25.5. The normalized spacial score (nSPS) is 31.9. The van der Waals surface area contributed by atoms with Gasteiger partial charge in [-0.1, -0.05) is 6.92 Å². The van der Waals surface area contributed by atoms with Gasteiger partial charge in [0, 0.05) is 39.3 Å². The fraction of sp³-hybridized carbons (Fsp3) is 0.857. The fourth-order valence-corrected chi connectivity index (χ4v) is 1.21. The van der Waals surface area contributed by atoms with Crippen molar-refractivity contribution < 1.29 is 41.5 Å². The Labute approximate surface area is 91.4 Å². The van der Waals surface area contributed by atoms with Gasteiger partial charge in [0.15, 0.2) is 0 Å². The van der Waals surface area contributed by atoms with E-state index >= 15 is 0 Å². The van der Waals surface area contributed by atoms with Gasteiger partial charge >= 0.3 is 0 Å². The minimum atomic E-state index is -2.56. The standard InChI is InChI=1S/C7H12F2N.Y/c1-5-6(2)10(3)4-7(5,8)9;/h6H,4H2,1-3H3;/q-1;/t6-;/m1./s1. The SMILES string of the molecule is C[C-]1[C@@H](C)N(C)CC1(F)F.[Y]. The van der Waals surface area contributed by atoms with Crippen molar-refractivity contribution in [1.82, 2.24) is 4.90 Å². The third-order valence-electron chi connectivity index (χ3n) is 2.31. The predicted octanol–water partition coefficient (Wildman–Crippen LogP) is 1.55. The van der Waals surface area contributed by atoms with Crippen LogP contribution >= 0.6 is 0 Å². The number of nitrogens with zero attached hydrogens (tertiary/aromatic N) is 1. The van der Waals surface area contributed by atoms with E-state index in [0.717, 1.165) is 0 Å². The summed E-state index contributed by atoms with van der Waals surface area (Å²) in [5, 5.41) is 0. The molecule has 1 heterocycles. The summed E-state index contributed by atoms with van der Waals surface area (Å²) in [7, 11) is 1.72. The quantitative estimate of drug-likeness (QED) is 0.578. The molecule has 4 heteroatoms. The first-order chi connectivity index (χ1) is 4.45. The van der Waals surface area contributed by atoms with Gasteiger partial charge in [-0.3, -0.25) is 0 Å². The molecule has 0 saturated carbocycles. The summed E-state index contributed by atoms with van der Waals surface area (Å²) in [6.45, 7) is 3.20. The Morgan fingerprint density at radius 2 is 2.00 bits per heavy atom. The van der Waals surface area contributed by atoms with Crippen LogP contribution in [0.15, 0.2) is 0 Å². The van der Waals surface area contributed by atoms with E-state index < -0.39 is 5.92 Å². The average molecular weight is 237 g/mol.